The molecule has 0 bridgehead atoms. The van der Waals surface area contributed by atoms with Crippen LogP contribution in [0.2, 0.25) is 5.02 Å². The molecule has 0 fully saturated rings. The molecule has 18 heavy (non-hydrogen) atoms. The third kappa shape index (κ3) is 2.78. The van der Waals surface area contributed by atoms with Crippen LogP contribution in [-0.4, -0.2) is 4.98 Å². The third-order valence-electron chi connectivity index (χ3n) is 2.46. The van der Waals surface area contributed by atoms with E-state index in [0.29, 0.717) is 22.9 Å². The number of pyridine rings is 1. The van der Waals surface area contributed by atoms with Gasteiger partial charge in [0.25, 0.3) is 0 Å². The van der Waals surface area contributed by atoms with Crippen molar-refractivity contribution in [2.75, 3.05) is 0 Å². The number of rotatable bonds is 3. The molecule has 1 aromatic carbocycles. The van der Waals surface area contributed by atoms with Crippen LogP contribution in [0.3, 0.4) is 0 Å². The summed E-state index contributed by atoms with van der Waals surface area (Å²) in [6.07, 6.45) is 1.58. The molecule has 5 heteroatoms. The van der Waals surface area contributed by atoms with Crippen molar-refractivity contribution in [1.82, 2.24) is 4.98 Å². The zero-order chi connectivity index (χ0) is 13.1. The van der Waals surface area contributed by atoms with Gasteiger partial charge in [-0.05, 0) is 30.2 Å². The molecule has 0 aliphatic heterocycles. The number of nitrogens with two attached hydrogens (primary N) is 1. The summed E-state index contributed by atoms with van der Waals surface area (Å²) < 4.78 is 18.8. The van der Waals surface area contributed by atoms with Gasteiger partial charge in [-0.3, -0.25) is 0 Å². The minimum atomic E-state index is -0.331. The predicted molar refractivity (Wildman–Crippen MR) is 68.3 cm³/mol. The summed E-state index contributed by atoms with van der Waals surface area (Å²) >= 11 is 5.99. The molecule has 2 aromatic rings. The molecule has 0 atom stereocenters. The van der Waals surface area contributed by atoms with Crippen LogP contribution >= 0.6 is 11.6 Å². The number of aromatic nitrogens is 1. The largest absolute Gasteiger partial charge is 0.437 e. The zero-order valence-corrected chi connectivity index (χ0v) is 10.5. The molecule has 0 aliphatic rings. The Morgan fingerprint density at radius 2 is 2.17 bits per heavy atom. The van der Waals surface area contributed by atoms with Gasteiger partial charge in [0.1, 0.15) is 16.6 Å². The Bertz CT molecular complexity index is 575. The minimum Gasteiger partial charge on any atom is -0.437 e. The normalized spacial score (nSPS) is 10.4. The first-order valence-corrected chi connectivity index (χ1v) is 5.76. The molecule has 1 heterocycles. The molecule has 2 N–H and O–H groups in total. The van der Waals surface area contributed by atoms with Crippen molar-refractivity contribution in [2.24, 2.45) is 5.73 Å². The van der Waals surface area contributed by atoms with Crippen LogP contribution in [0.25, 0.3) is 0 Å². The maximum Gasteiger partial charge on any atom is 0.238 e. The maximum atomic E-state index is 13.4. The van der Waals surface area contributed by atoms with E-state index in [-0.39, 0.29) is 11.7 Å². The van der Waals surface area contributed by atoms with Gasteiger partial charge in [-0.25, -0.2) is 9.37 Å². The molecule has 0 saturated carbocycles. The Labute approximate surface area is 109 Å². The van der Waals surface area contributed by atoms with Crippen LogP contribution in [0.5, 0.6) is 11.6 Å². The molecule has 1 aromatic heterocycles. The smallest absolute Gasteiger partial charge is 0.238 e. The average Bonchev–Trinajstić information content (AvgIpc) is 2.36. The molecular formula is C13H12ClFN2O. The second-order valence-electron chi connectivity index (χ2n) is 3.85. The Balaban J connectivity index is 2.25. The lowest BCUT2D eigenvalue weighted by molar-refractivity contribution is 0.457. The molecule has 94 valence electrons. The van der Waals surface area contributed by atoms with Gasteiger partial charge < -0.3 is 10.5 Å². The Morgan fingerprint density at radius 3 is 2.78 bits per heavy atom. The number of nitrogens with zero attached hydrogens (tertiary/aromatic N) is 1. The fourth-order valence-corrected chi connectivity index (χ4v) is 1.63. The molecular weight excluding hydrogens is 255 g/mol. The van der Waals surface area contributed by atoms with Crippen molar-refractivity contribution in [1.29, 1.82) is 0 Å². The standard InChI is InChI=1S/C13H12ClFN2O/c1-8-2-3-10(5-12(8)15)18-13-11(14)4-9(6-16)7-17-13/h2-5,7H,6,16H2,1H3. The van der Waals surface area contributed by atoms with Gasteiger partial charge in [0, 0.05) is 18.8 Å². The first kappa shape index (κ1) is 12.8. The highest BCUT2D eigenvalue weighted by Crippen LogP contribution is 2.28. The number of ether oxygens (including phenoxy) is 1. The van der Waals surface area contributed by atoms with E-state index in [1.807, 2.05) is 0 Å². The lowest BCUT2D eigenvalue weighted by atomic mass is 10.2. The maximum absolute atomic E-state index is 13.4. The Kier molecular flexibility index (Phi) is 3.79. The second kappa shape index (κ2) is 5.33. The van der Waals surface area contributed by atoms with Crippen LogP contribution in [0.15, 0.2) is 30.5 Å². The molecule has 0 aliphatic carbocycles. The summed E-state index contributed by atoms with van der Waals surface area (Å²) in [5.41, 5.74) is 6.83. The molecule has 0 unspecified atom stereocenters. The molecule has 0 spiro atoms. The van der Waals surface area contributed by atoms with Crippen molar-refractivity contribution >= 4 is 11.6 Å². The number of aryl methyl sites for hydroxylation is 1. The average molecular weight is 267 g/mol. The van der Waals surface area contributed by atoms with Gasteiger partial charge in [-0.15, -0.1) is 0 Å². The van der Waals surface area contributed by atoms with E-state index in [2.05, 4.69) is 4.98 Å². The highest BCUT2D eigenvalue weighted by atomic mass is 35.5. The predicted octanol–water partition coefficient (Wildman–Crippen LogP) is 3.43. The van der Waals surface area contributed by atoms with Crippen molar-refractivity contribution in [3.8, 4) is 11.6 Å². The molecule has 0 amide bonds. The van der Waals surface area contributed by atoms with E-state index in [4.69, 9.17) is 22.1 Å². The first-order chi connectivity index (χ1) is 8.60. The van der Waals surface area contributed by atoms with Crippen molar-refractivity contribution in [3.63, 3.8) is 0 Å². The van der Waals surface area contributed by atoms with Crippen LogP contribution in [0.4, 0.5) is 4.39 Å². The van der Waals surface area contributed by atoms with Crippen LogP contribution in [0.1, 0.15) is 11.1 Å². The summed E-state index contributed by atoms with van der Waals surface area (Å²) in [6.45, 7) is 2.03. The molecule has 2 rings (SSSR count). The van der Waals surface area contributed by atoms with E-state index < -0.39 is 0 Å². The van der Waals surface area contributed by atoms with Crippen LogP contribution in [-0.2, 0) is 6.54 Å². The fourth-order valence-electron chi connectivity index (χ4n) is 1.40. The van der Waals surface area contributed by atoms with Gasteiger partial charge in [-0.2, -0.15) is 0 Å². The van der Waals surface area contributed by atoms with Gasteiger partial charge in [0.2, 0.25) is 5.88 Å². The number of hydrogen-bond donors (Lipinski definition) is 1. The fraction of sp³-hybridized carbons (Fsp3) is 0.154. The van der Waals surface area contributed by atoms with Crippen molar-refractivity contribution in [3.05, 3.63) is 52.4 Å². The molecule has 3 nitrogen and oxygen atoms in total. The van der Waals surface area contributed by atoms with E-state index >= 15 is 0 Å². The second-order valence-corrected chi connectivity index (χ2v) is 4.25. The monoisotopic (exact) mass is 266 g/mol. The van der Waals surface area contributed by atoms with Gasteiger partial charge in [0.05, 0.1) is 0 Å². The summed E-state index contributed by atoms with van der Waals surface area (Å²) in [7, 11) is 0. The first-order valence-electron chi connectivity index (χ1n) is 5.38. The zero-order valence-electron chi connectivity index (χ0n) is 9.78. The van der Waals surface area contributed by atoms with Gasteiger partial charge in [0.15, 0.2) is 0 Å². The number of halogens is 2. The lowest BCUT2D eigenvalue weighted by Crippen LogP contribution is -1.98. The summed E-state index contributed by atoms with van der Waals surface area (Å²) in [4.78, 5) is 4.04. The number of hydrogen-bond acceptors (Lipinski definition) is 3. The third-order valence-corrected chi connectivity index (χ3v) is 2.73. The summed E-state index contributed by atoms with van der Waals surface area (Å²) in [5.74, 6) is 0.257. The van der Waals surface area contributed by atoms with E-state index in [0.717, 1.165) is 5.56 Å². The Morgan fingerprint density at radius 1 is 1.39 bits per heavy atom. The highest BCUT2D eigenvalue weighted by molar-refractivity contribution is 6.31. The van der Waals surface area contributed by atoms with E-state index in [9.17, 15) is 4.39 Å². The quantitative estimate of drug-likeness (QED) is 0.926. The van der Waals surface area contributed by atoms with E-state index in [1.165, 1.54) is 6.07 Å². The SMILES string of the molecule is Cc1ccc(Oc2ncc(CN)cc2Cl)cc1F. The highest BCUT2D eigenvalue weighted by Gasteiger charge is 2.07. The molecule has 0 radical (unpaired) electrons. The van der Waals surface area contributed by atoms with Crippen molar-refractivity contribution < 1.29 is 9.13 Å². The summed E-state index contributed by atoms with van der Waals surface area (Å²) in [6, 6.07) is 6.26. The van der Waals surface area contributed by atoms with Gasteiger partial charge >= 0.3 is 0 Å². The van der Waals surface area contributed by atoms with E-state index in [1.54, 1.807) is 31.3 Å². The number of benzene rings is 1. The Hall–Kier alpha value is -1.65. The summed E-state index contributed by atoms with van der Waals surface area (Å²) in [5, 5.41) is 0.346. The van der Waals surface area contributed by atoms with Crippen LogP contribution < -0.4 is 10.5 Å². The van der Waals surface area contributed by atoms with Crippen LogP contribution in [0, 0.1) is 12.7 Å². The lowest BCUT2D eigenvalue weighted by Gasteiger charge is -2.08. The molecule has 0 saturated heterocycles. The van der Waals surface area contributed by atoms with Crippen molar-refractivity contribution in [2.45, 2.75) is 13.5 Å². The minimum absolute atomic E-state index is 0.233. The van der Waals surface area contributed by atoms with Gasteiger partial charge in [-0.1, -0.05) is 17.7 Å². The topological polar surface area (TPSA) is 48.1 Å².